The van der Waals surface area contributed by atoms with Gasteiger partial charge in [0.1, 0.15) is 0 Å². The van der Waals surface area contributed by atoms with Crippen molar-refractivity contribution in [2.24, 2.45) is 0 Å². The summed E-state index contributed by atoms with van der Waals surface area (Å²) in [5.74, 6) is 3.96. The third-order valence-electron chi connectivity index (χ3n) is 4.20. The van der Waals surface area contributed by atoms with E-state index in [4.69, 9.17) is 0 Å². The van der Waals surface area contributed by atoms with Crippen LogP contribution in [-0.2, 0) is 15.1 Å². The molecule has 1 atom stereocenters. The summed E-state index contributed by atoms with van der Waals surface area (Å²) in [5.41, 5.74) is 1.33. The Kier molecular flexibility index (Phi) is 3.65. The number of aromatic nitrogens is 2. The van der Waals surface area contributed by atoms with Gasteiger partial charge in [0.25, 0.3) is 0 Å². The molecule has 1 aromatic heterocycles. The zero-order valence-corrected chi connectivity index (χ0v) is 14.2. The molecule has 0 N–H and O–H groups in total. The van der Waals surface area contributed by atoms with Crippen molar-refractivity contribution in [1.29, 1.82) is 0 Å². The van der Waals surface area contributed by atoms with E-state index in [0.29, 0.717) is 0 Å². The largest absolute Gasteiger partial charge is 0.267 e. The average Bonchev–Trinajstić information content (AvgIpc) is 2.87. The first-order valence-electron chi connectivity index (χ1n) is 7.50. The van der Waals surface area contributed by atoms with Crippen LogP contribution in [0, 0.1) is 0 Å². The predicted octanol–water partition coefficient (Wildman–Crippen LogP) is 2.73. The molecule has 5 heteroatoms. The van der Waals surface area contributed by atoms with E-state index >= 15 is 0 Å². The van der Waals surface area contributed by atoms with Crippen LogP contribution < -0.4 is 0 Å². The number of hydrogen-bond donors (Lipinski definition) is 0. The van der Waals surface area contributed by atoms with Gasteiger partial charge in [-0.1, -0.05) is 39.0 Å². The van der Waals surface area contributed by atoms with Crippen LogP contribution in [-0.4, -0.2) is 37.3 Å². The second-order valence-corrected chi connectivity index (χ2v) is 9.18. The minimum atomic E-state index is -2.37. The molecule has 0 amide bonds. The monoisotopic (exact) mass is 317 g/mol. The van der Waals surface area contributed by atoms with Crippen molar-refractivity contribution >= 4 is 15.6 Å². The summed E-state index contributed by atoms with van der Waals surface area (Å²) in [4.78, 5) is 0.796. The molecule has 4 nitrogen and oxygen atoms in total. The molecule has 0 saturated carbocycles. The van der Waals surface area contributed by atoms with Gasteiger partial charge in [0.15, 0.2) is 0 Å². The standard InChI is InChI=1S/C17H23N3OS/c1-17(2,3)14-10-18-20(11-14)15-12-19(13-15)22(4,21)16-8-6-5-7-9-16/h5-11,15H,4,12-13H2,1-3H3. The minimum absolute atomic E-state index is 0.103. The van der Waals surface area contributed by atoms with E-state index in [0.717, 1.165) is 18.0 Å². The fourth-order valence-electron chi connectivity index (χ4n) is 2.53. The molecule has 22 heavy (non-hydrogen) atoms. The number of hydrogen-bond acceptors (Lipinski definition) is 2. The number of rotatable bonds is 3. The molecule has 3 rings (SSSR count). The highest BCUT2D eigenvalue weighted by Crippen LogP contribution is 2.29. The van der Waals surface area contributed by atoms with Crippen LogP contribution in [0.3, 0.4) is 0 Å². The molecular weight excluding hydrogens is 294 g/mol. The Labute approximate surface area is 132 Å². The Balaban J connectivity index is 1.71. The van der Waals surface area contributed by atoms with Crippen molar-refractivity contribution < 1.29 is 4.21 Å². The van der Waals surface area contributed by atoms with Gasteiger partial charge in [-0.15, -0.1) is 0 Å². The van der Waals surface area contributed by atoms with Crippen molar-refractivity contribution in [3.8, 4) is 0 Å². The highest BCUT2D eigenvalue weighted by atomic mass is 32.2. The molecule has 1 aliphatic rings. The normalized spacial score (nSPS) is 19.6. The summed E-state index contributed by atoms with van der Waals surface area (Å²) < 4.78 is 16.8. The molecule has 0 bridgehead atoms. The van der Waals surface area contributed by atoms with Gasteiger partial charge in [0.05, 0.1) is 21.9 Å². The van der Waals surface area contributed by atoms with Crippen LogP contribution in [0.15, 0.2) is 47.6 Å². The lowest BCUT2D eigenvalue weighted by atomic mass is 9.90. The molecule has 0 spiro atoms. The lowest BCUT2D eigenvalue weighted by Gasteiger charge is -2.40. The lowest BCUT2D eigenvalue weighted by molar-refractivity contribution is 0.198. The molecule has 1 aromatic carbocycles. The highest BCUT2D eigenvalue weighted by molar-refractivity contribution is 7.98. The van der Waals surface area contributed by atoms with Gasteiger partial charge in [-0.3, -0.25) is 4.68 Å². The highest BCUT2D eigenvalue weighted by Gasteiger charge is 2.35. The molecule has 2 heterocycles. The van der Waals surface area contributed by atoms with Gasteiger partial charge in [-0.05, 0) is 29.0 Å². The summed E-state index contributed by atoms with van der Waals surface area (Å²) in [6.07, 6.45) is 4.04. The fraction of sp³-hybridized carbons (Fsp3) is 0.412. The Bertz CT molecular complexity index is 751. The Hall–Kier alpha value is -1.59. The van der Waals surface area contributed by atoms with E-state index in [1.807, 2.05) is 45.5 Å². The summed E-state index contributed by atoms with van der Waals surface area (Å²) in [6, 6.07) is 9.78. The summed E-state index contributed by atoms with van der Waals surface area (Å²) in [6.45, 7) is 7.99. The van der Waals surface area contributed by atoms with Gasteiger partial charge in [0, 0.05) is 24.2 Å². The van der Waals surface area contributed by atoms with E-state index in [-0.39, 0.29) is 11.5 Å². The first-order valence-corrected chi connectivity index (χ1v) is 9.19. The van der Waals surface area contributed by atoms with Crippen LogP contribution in [0.2, 0.25) is 0 Å². The van der Waals surface area contributed by atoms with Crippen molar-refractivity contribution in [1.82, 2.24) is 14.1 Å². The Morgan fingerprint density at radius 2 is 1.86 bits per heavy atom. The van der Waals surface area contributed by atoms with E-state index in [1.165, 1.54) is 5.56 Å². The van der Waals surface area contributed by atoms with Crippen LogP contribution in [0.5, 0.6) is 0 Å². The maximum Gasteiger partial charge on any atom is 0.0793 e. The molecule has 0 radical (unpaired) electrons. The van der Waals surface area contributed by atoms with Gasteiger partial charge in [-0.2, -0.15) is 5.10 Å². The first kappa shape index (κ1) is 15.3. The van der Waals surface area contributed by atoms with Crippen molar-refractivity contribution in [3.63, 3.8) is 0 Å². The third-order valence-corrected chi connectivity index (χ3v) is 6.34. The van der Waals surface area contributed by atoms with Crippen molar-refractivity contribution in [3.05, 3.63) is 48.3 Å². The molecular formula is C17H23N3OS. The van der Waals surface area contributed by atoms with Crippen LogP contribution in [0.4, 0.5) is 0 Å². The van der Waals surface area contributed by atoms with E-state index in [1.54, 1.807) is 0 Å². The molecule has 2 aromatic rings. The summed E-state index contributed by atoms with van der Waals surface area (Å²) in [7, 11) is -2.37. The quantitative estimate of drug-likeness (QED) is 0.817. The third kappa shape index (κ3) is 2.71. The molecule has 1 unspecified atom stereocenters. The molecule has 1 fully saturated rings. The Morgan fingerprint density at radius 3 is 2.41 bits per heavy atom. The van der Waals surface area contributed by atoms with Gasteiger partial charge >= 0.3 is 0 Å². The molecule has 0 aliphatic carbocycles. The summed E-state index contributed by atoms with van der Waals surface area (Å²) >= 11 is 0. The van der Waals surface area contributed by atoms with E-state index in [9.17, 15) is 4.21 Å². The number of nitrogens with zero attached hydrogens (tertiary/aromatic N) is 3. The van der Waals surface area contributed by atoms with Gasteiger partial charge in [-0.25, -0.2) is 8.51 Å². The second kappa shape index (κ2) is 5.25. The Morgan fingerprint density at radius 1 is 1.23 bits per heavy atom. The maximum atomic E-state index is 12.9. The van der Waals surface area contributed by atoms with Gasteiger partial charge < -0.3 is 0 Å². The predicted molar refractivity (Wildman–Crippen MR) is 91.5 cm³/mol. The average molecular weight is 317 g/mol. The van der Waals surface area contributed by atoms with Crippen molar-refractivity contribution in [2.45, 2.75) is 37.1 Å². The van der Waals surface area contributed by atoms with E-state index in [2.05, 4.69) is 37.9 Å². The van der Waals surface area contributed by atoms with Crippen LogP contribution in [0.25, 0.3) is 0 Å². The van der Waals surface area contributed by atoms with E-state index < -0.39 is 9.71 Å². The first-order chi connectivity index (χ1) is 10.3. The minimum Gasteiger partial charge on any atom is -0.267 e. The molecule has 1 aliphatic heterocycles. The number of benzene rings is 1. The SMILES string of the molecule is C=S(=O)(c1ccccc1)N1CC(n2cc(C(C)(C)C)cn2)C1. The molecule has 118 valence electrons. The van der Waals surface area contributed by atoms with Gasteiger partial charge in [0.2, 0.25) is 0 Å². The lowest BCUT2D eigenvalue weighted by Crippen LogP contribution is -2.50. The molecule has 1 saturated heterocycles. The summed E-state index contributed by atoms with van der Waals surface area (Å²) in [5, 5.41) is 4.47. The smallest absolute Gasteiger partial charge is 0.0793 e. The topological polar surface area (TPSA) is 38.1 Å². The fourth-order valence-corrected chi connectivity index (χ4v) is 4.24. The zero-order valence-electron chi connectivity index (χ0n) is 13.4. The van der Waals surface area contributed by atoms with Crippen LogP contribution >= 0.6 is 0 Å². The maximum absolute atomic E-state index is 12.9. The van der Waals surface area contributed by atoms with Crippen molar-refractivity contribution in [2.75, 3.05) is 13.1 Å². The second-order valence-electron chi connectivity index (χ2n) is 6.91. The zero-order chi connectivity index (χ0) is 16.0. The van der Waals surface area contributed by atoms with Crippen LogP contribution in [0.1, 0.15) is 32.4 Å².